The van der Waals surface area contributed by atoms with Gasteiger partial charge in [0.25, 0.3) is 5.91 Å². The first kappa shape index (κ1) is 17.7. The van der Waals surface area contributed by atoms with Gasteiger partial charge in [0.05, 0.1) is 12.3 Å². The van der Waals surface area contributed by atoms with Crippen LogP contribution in [0.15, 0.2) is 65.8 Å². The zero-order chi connectivity index (χ0) is 18.5. The Balaban J connectivity index is 1.61. The summed E-state index contributed by atoms with van der Waals surface area (Å²) in [6, 6.07) is 20.4. The number of nitrogens with zero attached hydrogens (tertiary/aromatic N) is 1. The van der Waals surface area contributed by atoms with Gasteiger partial charge in [-0.15, -0.1) is 0 Å². The molecule has 4 nitrogen and oxygen atoms in total. The fourth-order valence-corrected chi connectivity index (χ4v) is 2.85. The molecule has 0 unspecified atom stereocenters. The SMILES string of the molecule is C/C(=N/NC(=O)CNc1ccc(C)cc1C)c1ccc2ccccc2c1. The van der Waals surface area contributed by atoms with Crippen LogP contribution in [0.2, 0.25) is 0 Å². The van der Waals surface area contributed by atoms with Crippen molar-refractivity contribution >= 4 is 28.1 Å². The summed E-state index contributed by atoms with van der Waals surface area (Å²) in [6.45, 7) is 6.14. The number of fused-ring (bicyclic) bond motifs is 1. The minimum absolute atomic E-state index is 0.176. The summed E-state index contributed by atoms with van der Waals surface area (Å²) in [5.74, 6) is -0.176. The largest absolute Gasteiger partial charge is 0.376 e. The molecule has 132 valence electrons. The van der Waals surface area contributed by atoms with E-state index in [1.165, 1.54) is 10.9 Å². The third-order valence-electron chi connectivity index (χ3n) is 4.34. The Kier molecular flexibility index (Phi) is 5.32. The molecule has 0 atom stereocenters. The number of anilines is 1. The summed E-state index contributed by atoms with van der Waals surface area (Å²) < 4.78 is 0. The van der Waals surface area contributed by atoms with E-state index in [9.17, 15) is 4.79 Å². The smallest absolute Gasteiger partial charge is 0.259 e. The van der Waals surface area contributed by atoms with E-state index in [4.69, 9.17) is 0 Å². The molecule has 0 bridgehead atoms. The molecule has 0 saturated carbocycles. The summed E-state index contributed by atoms with van der Waals surface area (Å²) in [5.41, 5.74) is 7.66. The highest BCUT2D eigenvalue weighted by Gasteiger charge is 2.04. The van der Waals surface area contributed by atoms with Gasteiger partial charge in [-0.05, 0) is 54.8 Å². The van der Waals surface area contributed by atoms with Gasteiger partial charge < -0.3 is 5.32 Å². The van der Waals surface area contributed by atoms with Crippen LogP contribution in [0, 0.1) is 13.8 Å². The number of hydrazone groups is 1. The van der Waals surface area contributed by atoms with Crippen LogP contribution in [0.25, 0.3) is 10.8 Å². The van der Waals surface area contributed by atoms with Gasteiger partial charge in [-0.1, -0.05) is 54.1 Å². The molecule has 3 aromatic rings. The second kappa shape index (κ2) is 7.83. The van der Waals surface area contributed by atoms with E-state index < -0.39 is 0 Å². The van der Waals surface area contributed by atoms with Crippen LogP contribution in [0.1, 0.15) is 23.6 Å². The van der Waals surface area contributed by atoms with Crippen molar-refractivity contribution in [2.24, 2.45) is 5.10 Å². The van der Waals surface area contributed by atoms with Gasteiger partial charge in [-0.3, -0.25) is 4.79 Å². The molecule has 0 aliphatic carbocycles. The molecule has 0 saturated heterocycles. The minimum atomic E-state index is -0.176. The van der Waals surface area contributed by atoms with Gasteiger partial charge in [0.2, 0.25) is 0 Å². The van der Waals surface area contributed by atoms with Crippen LogP contribution >= 0.6 is 0 Å². The van der Waals surface area contributed by atoms with E-state index in [0.717, 1.165) is 27.9 Å². The summed E-state index contributed by atoms with van der Waals surface area (Å²) in [6.07, 6.45) is 0. The lowest BCUT2D eigenvalue weighted by atomic mass is 10.0. The molecule has 0 fully saturated rings. The number of aryl methyl sites for hydroxylation is 2. The Morgan fingerprint density at radius 2 is 1.73 bits per heavy atom. The molecular weight excluding hydrogens is 322 g/mol. The second-order valence-corrected chi connectivity index (χ2v) is 6.47. The molecule has 3 rings (SSSR count). The van der Waals surface area contributed by atoms with E-state index in [2.05, 4.69) is 46.2 Å². The van der Waals surface area contributed by atoms with E-state index in [-0.39, 0.29) is 12.5 Å². The number of carbonyl (C=O) groups excluding carboxylic acids is 1. The standard InChI is InChI=1S/C22H23N3O/c1-15-8-11-21(16(2)12-15)23-14-22(26)25-24-17(3)19-10-9-18-6-4-5-7-20(18)13-19/h4-13,23H,14H2,1-3H3,(H,25,26)/b24-17-. The van der Waals surface area contributed by atoms with E-state index in [1.807, 2.05) is 51.1 Å². The summed E-state index contributed by atoms with van der Waals surface area (Å²) in [4.78, 5) is 12.1. The highest BCUT2D eigenvalue weighted by atomic mass is 16.2. The second-order valence-electron chi connectivity index (χ2n) is 6.47. The zero-order valence-corrected chi connectivity index (χ0v) is 15.3. The zero-order valence-electron chi connectivity index (χ0n) is 15.3. The summed E-state index contributed by atoms with van der Waals surface area (Å²) in [5, 5.41) is 9.71. The van der Waals surface area contributed by atoms with Gasteiger partial charge in [-0.25, -0.2) is 5.43 Å². The number of rotatable bonds is 5. The molecule has 4 heteroatoms. The van der Waals surface area contributed by atoms with Crippen molar-refractivity contribution in [2.75, 3.05) is 11.9 Å². The van der Waals surface area contributed by atoms with Crippen molar-refractivity contribution in [3.8, 4) is 0 Å². The van der Waals surface area contributed by atoms with Gasteiger partial charge >= 0.3 is 0 Å². The Bertz CT molecular complexity index is 976. The van der Waals surface area contributed by atoms with Crippen molar-refractivity contribution in [3.63, 3.8) is 0 Å². The Morgan fingerprint density at radius 1 is 0.962 bits per heavy atom. The maximum absolute atomic E-state index is 12.1. The molecule has 3 aromatic carbocycles. The molecule has 2 N–H and O–H groups in total. The molecule has 0 spiro atoms. The normalized spacial score (nSPS) is 11.4. The fraction of sp³-hybridized carbons (Fsp3) is 0.182. The first-order chi connectivity index (χ1) is 12.5. The maximum Gasteiger partial charge on any atom is 0.259 e. The predicted octanol–water partition coefficient (Wildman–Crippen LogP) is 4.41. The van der Waals surface area contributed by atoms with Crippen LogP contribution in [-0.2, 0) is 4.79 Å². The van der Waals surface area contributed by atoms with E-state index in [1.54, 1.807) is 0 Å². The average Bonchev–Trinajstić information content (AvgIpc) is 2.65. The molecule has 0 aromatic heterocycles. The summed E-state index contributed by atoms with van der Waals surface area (Å²) >= 11 is 0. The van der Waals surface area contributed by atoms with E-state index >= 15 is 0 Å². The lowest BCUT2D eigenvalue weighted by Gasteiger charge is -2.09. The van der Waals surface area contributed by atoms with Gasteiger partial charge in [0.15, 0.2) is 0 Å². The minimum Gasteiger partial charge on any atom is -0.376 e. The topological polar surface area (TPSA) is 53.5 Å². The Hall–Kier alpha value is -3.14. The third kappa shape index (κ3) is 4.28. The van der Waals surface area contributed by atoms with Crippen LogP contribution < -0.4 is 10.7 Å². The Morgan fingerprint density at radius 3 is 2.50 bits per heavy atom. The van der Waals surface area contributed by atoms with Gasteiger partial charge in [0.1, 0.15) is 0 Å². The molecule has 0 radical (unpaired) electrons. The van der Waals surface area contributed by atoms with Crippen LogP contribution in [0.4, 0.5) is 5.69 Å². The summed E-state index contributed by atoms with van der Waals surface area (Å²) in [7, 11) is 0. The van der Waals surface area contributed by atoms with Crippen LogP contribution in [0.5, 0.6) is 0 Å². The molecule has 1 amide bonds. The first-order valence-electron chi connectivity index (χ1n) is 8.66. The first-order valence-corrected chi connectivity index (χ1v) is 8.66. The number of benzene rings is 3. The Labute approximate surface area is 153 Å². The lowest BCUT2D eigenvalue weighted by Crippen LogP contribution is -2.27. The van der Waals surface area contributed by atoms with Crippen molar-refractivity contribution in [2.45, 2.75) is 20.8 Å². The van der Waals surface area contributed by atoms with Gasteiger partial charge in [0, 0.05) is 5.69 Å². The molecule has 0 heterocycles. The highest BCUT2D eigenvalue weighted by molar-refractivity contribution is 6.02. The molecule has 0 aliphatic rings. The van der Waals surface area contributed by atoms with Crippen molar-refractivity contribution in [1.29, 1.82) is 0 Å². The average molecular weight is 345 g/mol. The number of carbonyl (C=O) groups is 1. The van der Waals surface area contributed by atoms with Crippen molar-refractivity contribution in [1.82, 2.24) is 5.43 Å². The van der Waals surface area contributed by atoms with E-state index in [0.29, 0.717) is 0 Å². The molecular formula is C22H23N3O. The van der Waals surface area contributed by atoms with Gasteiger partial charge in [-0.2, -0.15) is 5.10 Å². The number of amides is 1. The predicted molar refractivity (Wildman–Crippen MR) is 109 cm³/mol. The fourth-order valence-electron chi connectivity index (χ4n) is 2.85. The molecule has 26 heavy (non-hydrogen) atoms. The lowest BCUT2D eigenvalue weighted by molar-refractivity contribution is -0.119. The van der Waals surface area contributed by atoms with Crippen LogP contribution in [0.3, 0.4) is 0 Å². The maximum atomic E-state index is 12.1. The highest BCUT2D eigenvalue weighted by Crippen LogP contribution is 2.16. The van der Waals surface area contributed by atoms with Crippen LogP contribution in [-0.4, -0.2) is 18.2 Å². The number of nitrogens with one attached hydrogen (secondary N) is 2. The number of hydrogen-bond acceptors (Lipinski definition) is 3. The molecule has 0 aliphatic heterocycles. The van der Waals surface area contributed by atoms with Crippen molar-refractivity contribution in [3.05, 3.63) is 77.4 Å². The monoisotopic (exact) mass is 345 g/mol. The third-order valence-corrected chi connectivity index (χ3v) is 4.34. The van der Waals surface area contributed by atoms with Crippen molar-refractivity contribution < 1.29 is 4.79 Å². The number of hydrogen-bond donors (Lipinski definition) is 2. The quantitative estimate of drug-likeness (QED) is 0.532.